The van der Waals surface area contributed by atoms with Gasteiger partial charge >= 0.3 is 0 Å². The highest BCUT2D eigenvalue weighted by atomic mass is 14.7. The lowest BCUT2D eigenvalue weighted by molar-refractivity contribution is 1.36. The molecule has 0 atom stereocenters. The molecule has 0 amide bonds. The first kappa shape index (κ1) is 11.7. The number of H-pyrrole nitrogens is 1. The summed E-state index contributed by atoms with van der Waals surface area (Å²) in [7, 11) is 0. The van der Waals surface area contributed by atoms with Crippen molar-refractivity contribution >= 4 is 10.9 Å². The smallest absolute Gasteiger partial charge is 0.0484 e. The van der Waals surface area contributed by atoms with E-state index in [1.165, 1.54) is 0 Å². The van der Waals surface area contributed by atoms with Gasteiger partial charge in [0.1, 0.15) is 0 Å². The molecule has 0 bridgehead atoms. The minimum Gasteiger partial charge on any atom is -0.361 e. The fraction of sp³-hybridized carbons (Fsp3) is 0.364. The Morgan fingerprint density at radius 3 is 2.46 bits per heavy atom. The topological polar surface area (TPSA) is 28.7 Å². The Labute approximate surface area is 81.5 Å². The molecule has 13 heavy (non-hydrogen) atoms. The summed E-state index contributed by atoms with van der Waals surface area (Å²) in [6.07, 6.45) is 5.52. The number of nitrogens with zero attached hydrogens (tertiary/aromatic N) is 1. The van der Waals surface area contributed by atoms with Crippen molar-refractivity contribution in [3.8, 4) is 0 Å². The van der Waals surface area contributed by atoms with E-state index in [9.17, 15) is 0 Å². The van der Waals surface area contributed by atoms with E-state index in [0.29, 0.717) is 0 Å². The Bertz CT molecular complexity index is 287. The lowest BCUT2D eigenvalue weighted by Gasteiger charge is -1.82. The van der Waals surface area contributed by atoms with Gasteiger partial charge in [-0.3, -0.25) is 4.98 Å². The minimum absolute atomic E-state index is 0. The quantitative estimate of drug-likeness (QED) is 0.655. The van der Waals surface area contributed by atoms with Gasteiger partial charge < -0.3 is 4.98 Å². The van der Waals surface area contributed by atoms with Crippen LogP contribution in [0, 0.1) is 0 Å². The maximum absolute atomic E-state index is 3.97. The fourth-order valence-electron chi connectivity index (χ4n) is 0.892. The van der Waals surface area contributed by atoms with Crippen LogP contribution in [0.4, 0.5) is 0 Å². The van der Waals surface area contributed by atoms with Gasteiger partial charge in [-0.1, -0.05) is 27.7 Å². The van der Waals surface area contributed by atoms with Crippen LogP contribution in [-0.4, -0.2) is 9.97 Å². The molecule has 0 saturated carbocycles. The number of aromatic amines is 1. The first-order valence-corrected chi connectivity index (χ1v) is 4.84. The zero-order chi connectivity index (χ0) is 10.1. The zero-order valence-electron chi connectivity index (χ0n) is 8.83. The molecule has 0 aliphatic heterocycles. The maximum atomic E-state index is 3.97. The molecule has 2 heterocycles. The number of nitrogens with one attached hydrogen (secondary N) is 1. The van der Waals surface area contributed by atoms with Crippen molar-refractivity contribution in [2.24, 2.45) is 0 Å². The zero-order valence-corrected chi connectivity index (χ0v) is 8.83. The van der Waals surface area contributed by atoms with Gasteiger partial charge in [-0.2, -0.15) is 0 Å². The molecule has 2 nitrogen and oxygen atoms in total. The number of hydrogen-bond donors (Lipinski definition) is 1. The second-order valence-corrected chi connectivity index (χ2v) is 1.94. The van der Waals surface area contributed by atoms with Crippen molar-refractivity contribution in [2.45, 2.75) is 27.7 Å². The Balaban J connectivity index is 0. The van der Waals surface area contributed by atoms with Gasteiger partial charge in [0.05, 0.1) is 0 Å². The number of hydrogen-bond acceptors (Lipinski definition) is 1. The standard InChI is InChI=1S/C7H6N2.2C2H6.H2/c1-4-9-7-2-3-8-5-6(1)7;2*1-2;/h1-5,9H;2*1-2H3;1H. The Morgan fingerprint density at radius 2 is 1.85 bits per heavy atom. The van der Waals surface area contributed by atoms with Crippen molar-refractivity contribution in [3.05, 3.63) is 30.7 Å². The first-order chi connectivity index (χ1) is 6.47. The summed E-state index contributed by atoms with van der Waals surface area (Å²) in [6, 6.07) is 3.96. The molecule has 0 aromatic carbocycles. The molecule has 2 aromatic heterocycles. The van der Waals surface area contributed by atoms with Crippen LogP contribution in [0.1, 0.15) is 29.1 Å². The molecule has 0 aliphatic rings. The third-order valence-corrected chi connectivity index (χ3v) is 1.35. The molecule has 2 aromatic rings. The maximum Gasteiger partial charge on any atom is 0.0484 e. The summed E-state index contributed by atoms with van der Waals surface area (Å²) in [4.78, 5) is 7.04. The van der Waals surface area contributed by atoms with Gasteiger partial charge in [0.25, 0.3) is 0 Å². The van der Waals surface area contributed by atoms with E-state index in [1.54, 1.807) is 6.20 Å². The highest BCUT2D eigenvalue weighted by molar-refractivity contribution is 5.77. The summed E-state index contributed by atoms with van der Waals surface area (Å²) in [6.45, 7) is 8.00. The molecular formula is C11H20N2. The largest absolute Gasteiger partial charge is 0.361 e. The summed E-state index contributed by atoms with van der Waals surface area (Å²) < 4.78 is 0. The van der Waals surface area contributed by atoms with Gasteiger partial charge in [0.2, 0.25) is 0 Å². The van der Waals surface area contributed by atoms with Gasteiger partial charge in [0, 0.05) is 30.9 Å². The first-order valence-electron chi connectivity index (χ1n) is 4.84. The highest BCUT2D eigenvalue weighted by Crippen LogP contribution is 2.07. The molecule has 0 saturated heterocycles. The molecule has 0 radical (unpaired) electrons. The van der Waals surface area contributed by atoms with E-state index >= 15 is 0 Å². The van der Waals surface area contributed by atoms with E-state index in [4.69, 9.17) is 0 Å². The predicted octanol–water partition coefficient (Wildman–Crippen LogP) is 3.86. The molecule has 2 rings (SSSR count). The van der Waals surface area contributed by atoms with Crippen LogP contribution < -0.4 is 0 Å². The molecule has 1 N–H and O–H groups in total. The SMILES string of the molecule is CC.CC.[HH].c1cc2[nH]ccc2cn1. The van der Waals surface area contributed by atoms with E-state index < -0.39 is 0 Å². The number of rotatable bonds is 0. The third-order valence-electron chi connectivity index (χ3n) is 1.35. The van der Waals surface area contributed by atoms with Crippen molar-refractivity contribution in [1.29, 1.82) is 0 Å². The van der Waals surface area contributed by atoms with Crippen molar-refractivity contribution in [1.82, 2.24) is 9.97 Å². The summed E-state index contributed by atoms with van der Waals surface area (Å²) in [5.74, 6) is 0. The second-order valence-electron chi connectivity index (χ2n) is 1.94. The van der Waals surface area contributed by atoms with Gasteiger partial charge in [-0.15, -0.1) is 0 Å². The fourth-order valence-corrected chi connectivity index (χ4v) is 0.892. The normalized spacial score (nSPS) is 8.00. The van der Waals surface area contributed by atoms with E-state index in [2.05, 4.69) is 9.97 Å². The third kappa shape index (κ3) is 3.28. The number of pyridine rings is 1. The van der Waals surface area contributed by atoms with Gasteiger partial charge in [-0.25, -0.2) is 0 Å². The summed E-state index contributed by atoms with van der Waals surface area (Å²) in [5, 5.41) is 1.16. The van der Waals surface area contributed by atoms with Gasteiger partial charge in [0.15, 0.2) is 0 Å². The lowest BCUT2D eigenvalue weighted by atomic mass is 10.3. The number of fused-ring (bicyclic) bond motifs is 1. The van der Waals surface area contributed by atoms with Gasteiger partial charge in [-0.05, 0) is 12.1 Å². The molecule has 74 valence electrons. The van der Waals surface area contributed by atoms with Crippen molar-refractivity contribution in [3.63, 3.8) is 0 Å². The predicted molar refractivity (Wildman–Crippen MR) is 60.9 cm³/mol. The lowest BCUT2D eigenvalue weighted by Crippen LogP contribution is -1.67. The average Bonchev–Trinajstić information content (AvgIpc) is 2.71. The molecule has 2 heteroatoms. The molecule has 0 unspecified atom stereocenters. The highest BCUT2D eigenvalue weighted by Gasteiger charge is 1.87. The summed E-state index contributed by atoms with van der Waals surface area (Å²) in [5.41, 5.74) is 1.14. The summed E-state index contributed by atoms with van der Waals surface area (Å²) >= 11 is 0. The Hall–Kier alpha value is -1.31. The van der Waals surface area contributed by atoms with Crippen molar-refractivity contribution in [2.75, 3.05) is 0 Å². The van der Waals surface area contributed by atoms with Crippen LogP contribution in [0.25, 0.3) is 10.9 Å². The number of aromatic nitrogens is 2. The molecule has 0 aliphatic carbocycles. The molecule has 0 spiro atoms. The molecular weight excluding hydrogens is 160 g/mol. The van der Waals surface area contributed by atoms with Crippen LogP contribution in [-0.2, 0) is 0 Å². The molecule has 0 fully saturated rings. The van der Waals surface area contributed by atoms with E-state index in [0.717, 1.165) is 10.9 Å². The van der Waals surface area contributed by atoms with Crippen LogP contribution >= 0.6 is 0 Å². The average molecular weight is 180 g/mol. The van der Waals surface area contributed by atoms with Crippen LogP contribution in [0.15, 0.2) is 30.7 Å². The minimum atomic E-state index is 0. The second kappa shape index (κ2) is 7.35. The van der Waals surface area contributed by atoms with E-state index in [-0.39, 0.29) is 1.43 Å². The Morgan fingerprint density at radius 1 is 1.15 bits per heavy atom. The monoisotopic (exact) mass is 180 g/mol. The van der Waals surface area contributed by atoms with Crippen LogP contribution in [0.3, 0.4) is 0 Å². The van der Waals surface area contributed by atoms with Crippen LogP contribution in [0.2, 0.25) is 0 Å². The van der Waals surface area contributed by atoms with Crippen molar-refractivity contribution < 1.29 is 1.43 Å². The van der Waals surface area contributed by atoms with E-state index in [1.807, 2.05) is 52.2 Å². The van der Waals surface area contributed by atoms with Crippen LogP contribution in [0.5, 0.6) is 0 Å². The Kier molecular flexibility index (Phi) is 6.60.